The molecule has 2 rings (SSSR count). The Labute approximate surface area is 121 Å². The van der Waals surface area contributed by atoms with Gasteiger partial charge < -0.3 is 9.47 Å². The summed E-state index contributed by atoms with van der Waals surface area (Å²) >= 11 is 0. The van der Waals surface area contributed by atoms with Crippen LogP contribution in [-0.4, -0.2) is 11.5 Å². The van der Waals surface area contributed by atoms with Gasteiger partial charge in [-0.3, -0.25) is 10.1 Å². The molecule has 0 saturated heterocycles. The lowest BCUT2D eigenvalue weighted by Gasteiger charge is -2.08. The van der Waals surface area contributed by atoms with Crippen molar-refractivity contribution in [1.82, 2.24) is 0 Å². The average molecular weight is 284 g/mol. The van der Waals surface area contributed by atoms with Gasteiger partial charge in [0.25, 0.3) is 0 Å². The van der Waals surface area contributed by atoms with Crippen molar-refractivity contribution in [3.8, 4) is 23.3 Å². The highest BCUT2D eigenvalue weighted by molar-refractivity contribution is 5.48. The zero-order chi connectivity index (χ0) is 15.1. The molecule has 106 valence electrons. The van der Waals surface area contributed by atoms with Crippen molar-refractivity contribution in [1.29, 1.82) is 5.26 Å². The van der Waals surface area contributed by atoms with Gasteiger partial charge in [-0.1, -0.05) is 18.2 Å². The van der Waals surface area contributed by atoms with Gasteiger partial charge in [-0.25, -0.2) is 0 Å². The average Bonchev–Trinajstić information content (AvgIpc) is 2.48. The van der Waals surface area contributed by atoms with Gasteiger partial charge in [0.05, 0.1) is 17.4 Å². The lowest BCUT2D eigenvalue weighted by Crippen LogP contribution is -1.96. The van der Waals surface area contributed by atoms with Crippen molar-refractivity contribution < 1.29 is 14.4 Å². The molecule has 0 spiro atoms. The Morgan fingerprint density at radius 3 is 2.67 bits per heavy atom. The molecule has 0 bridgehead atoms. The van der Waals surface area contributed by atoms with Crippen LogP contribution in [-0.2, 0) is 0 Å². The summed E-state index contributed by atoms with van der Waals surface area (Å²) in [5, 5.41) is 19.4. The number of hydrogen-bond donors (Lipinski definition) is 0. The number of hydrogen-bond acceptors (Lipinski definition) is 5. The first-order chi connectivity index (χ1) is 10.2. The van der Waals surface area contributed by atoms with Crippen molar-refractivity contribution in [3.05, 3.63) is 58.6 Å². The van der Waals surface area contributed by atoms with Crippen LogP contribution in [0.4, 0.5) is 5.69 Å². The zero-order valence-corrected chi connectivity index (χ0v) is 11.1. The second kappa shape index (κ2) is 6.91. The highest BCUT2D eigenvalue weighted by atomic mass is 16.6. The van der Waals surface area contributed by atoms with Crippen LogP contribution < -0.4 is 9.47 Å². The third-order valence-electron chi connectivity index (χ3n) is 2.58. The minimum atomic E-state index is -0.497. The normalized spacial score (nSPS) is 9.67. The van der Waals surface area contributed by atoms with Crippen LogP contribution in [0.5, 0.6) is 17.2 Å². The van der Waals surface area contributed by atoms with Crippen LogP contribution in [0.2, 0.25) is 0 Å². The first-order valence-electron chi connectivity index (χ1n) is 6.22. The molecule has 0 atom stereocenters. The third-order valence-corrected chi connectivity index (χ3v) is 2.58. The Kier molecular flexibility index (Phi) is 4.72. The molecule has 0 aliphatic heterocycles. The number of rotatable bonds is 6. The summed E-state index contributed by atoms with van der Waals surface area (Å²) < 4.78 is 10.9. The standard InChI is InChI=1S/C15H12N2O4/c16-9-4-10-20-12-5-3-6-13(11-12)21-15-8-2-1-7-14(15)17(18)19/h1-3,5-8,11H,4,10H2. The number of nitro groups is 1. The van der Waals surface area contributed by atoms with Gasteiger partial charge in [0.1, 0.15) is 18.1 Å². The molecule has 0 aromatic heterocycles. The monoisotopic (exact) mass is 284 g/mol. The lowest BCUT2D eigenvalue weighted by atomic mass is 10.3. The maximum atomic E-state index is 10.9. The van der Waals surface area contributed by atoms with Gasteiger partial charge in [-0.2, -0.15) is 5.26 Å². The van der Waals surface area contributed by atoms with Crippen LogP contribution in [0, 0.1) is 21.4 Å². The van der Waals surface area contributed by atoms with Gasteiger partial charge in [0, 0.05) is 12.1 Å². The summed E-state index contributed by atoms with van der Waals surface area (Å²) in [6.07, 6.45) is 0.287. The van der Waals surface area contributed by atoms with E-state index in [1.807, 2.05) is 6.07 Å². The first kappa shape index (κ1) is 14.3. The number of nitro benzene ring substituents is 1. The number of para-hydroxylation sites is 2. The first-order valence-corrected chi connectivity index (χ1v) is 6.22. The van der Waals surface area contributed by atoms with Crippen LogP contribution in [0.25, 0.3) is 0 Å². The van der Waals surface area contributed by atoms with E-state index < -0.39 is 4.92 Å². The molecule has 6 heteroatoms. The lowest BCUT2D eigenvalue weighted by molar-refractivity contribution is -0.385. The van der Waals surface area contributed by atoms with E-state index in [1.165, 1.54) is 12.1 Å². The molecule has 2 aromatic carbocycles. The maximum Gasteiger partial charge on any atom is 0.311 e. The number of nitriles is 1. The smallest absolute Gasteiger partial charge is 0.311 e. The fourth-order valence-electron chi connectivity index (χ4n) is 1.66. The summed E-state index contributed by atoms with van der Waals surface area (Å²) in [6, 6.07) is 14.9. The van der Waals surface area contributed by atoms with Gasteiger partial charge in [-0.05, 0) is 18.2 Å². The summed E-state index contributed by atoms with van der Waals surface area (Å²) in [7, 11) is 0. The fourth-order valence-corrected chi connectivity index (χ4v) is 1.66. The predicted molar refractivity (Wildman–Crippen MR) is 75.3 cm³/mol. The molecule has 0 radical (unpaired) electrons. The van der Waals surface area contributed by atoms with Crippen molar-refractivity contribution in [2.45, 2.75) is 6.42 Å². The summed E-state index contributed by atoms with van der Waals surface area (Å²) in [6.45, 7) is 0.283. The molecule has 0 amide bonds. The SMILES string of the molecule is N#CCCOc1cccc(Oc2ccccc2[N+](=O)[O-])c1. The predicted octanol–water partition coefficient (Wildman–Crippen LogP) is 3.68. The summed E-state index contributed by atoms with van der Waals surface area (Å²) in [5.41, 5.74) is -0.103. The van der Waals surface area contributed by atoms with Crippen molar-refractivity contribution in [2.75, 3.05) is 6.61 Å². The highest BCUT2D eigenvalue weighted by Crippen LogP contribution is 2.32. The molecule has 0 aliphatic rings. The Morgan fingerprint density at radius 2 is 1.90 bits per heavy atom. The maximum absolute atomic E-state index is 10.9. The second-order valence-corrected chi connectivity index (χ2v) is 4.06. The van der Waals surface area contributed by atoms with Crippen LogP contribution in [0.3, 0.4) is 0 Å². The molecule has 2 aromatic rings. The van der Waals surface area contributed by atoms with Crippen LogP contribution >= 0.6 is 0 Å². The molecule has 0 N–H and O–H groups in total. The minimum Gasteiger partial charge on any atom is -0.492 e. The Bertz CT molecular complexity index is 679. The number of nitrogens with zero attached hydrogens (tertiary/aromatic N) is 2. The Morgan fingerprint density at radius 1 is 1.14 bits per heavy atom. The zero-order valence-electron chi connectivity index (χ0n) is 11.1. The number of benzene rings is 2. The molecule has 0 aliphatic carbocycles. The fraction of sp³-hybridized carbons (Fsp3) is 0.133. The quantitative estimate of drug-likeness (QED) is 0.459. The molecule has 0 heterocycles. The Hall–Kier alpha value is -3.07. The van der Waals surface area contributed by atoms with E-state index in [0.29, 0.717) is 11.5 Å². The van der Waals surface area contributed by atoms with Crippen LogP contribution in [0.15, 0.2) is 48.5 Å². The molecule has 0 saturated carbocycles. The molecule has 0 unspecified atom stereocenters. The topological polar surface area (TPSA) is 85.4 Å². The molecule has 21 heavy (non-hydrogen) atoms. The van der Waals surface area contributed by atoms with Gasteiger partial charge in [0.15, 0.2) is 0 Å². The largest absolute Gasteiger partial charge is 0.492 e. The van der Waals surface area contributed by atoms with Crippen molar-refractivity contribution in [3.63, 3.8) is 0 Å². The van der Waals surface area contributed by atoms with Crippen LogP contribution in [0.1, 0.15) is 6.42 Å². The third kappa shape index (κ3) is 3.94. The summed E-state index contributed by atoms with van der Waals surface area (Å²) in [5.74, 6) is 1.14. The van der Waals surface area contributed by atoms with E-state index in [4.69, 9.17) is 14.7 Å². The van der Waals surface area contributed by atoms with Gasteiger partial charge in [-0.15, -0.1) is 0 Å². The highest BCUT2D eigenvalue weighted by Gasteiger charge is 2.14. The minimum absolute atomic E-state index is 0.103. The second-order valence-electron chi connectivity index (χ2n) is 4.06. The van der Waals surface area contributed by atoms with E-state index >= 15 is 0 Å². The van der Waals surface area contributed by atoms with Crippen molar-refractivity contribution >= 4 is 5.69 Å². The summed E-state index contributed by atoms with van der Waals surface area (Å²) in [4.78, 5) is 10.4. The van der Waals surface area contributed by atoms with E-state index in [-0.39, 0.29) is 24.5 Å². The van der Waals surface area contributed by atoms with Gasteiger partial charge >= 0.3 is 5.69 Å². The molecular weight excluding hydrogens is 272 g/mol. The molecule has 6 nitrogen and oxygen atoms in total. The van der Waals surface area contributed by atoms with E-state index in [1.54, 1.807) is 36.4 Å². The molecular formula is C15H12N2O4. The van der Waals surface area contributed by atoms with E-state index in [9.17, 15) is 10.1 Å². The molecule has 0 fully saturated rings. The van der Waals surface area contributed by atoms with Crippen molar-refractivity contribution in [2.24, 2.45) is 0 Å². The van der Waals surface area contributed by atoms with Gasteiger partial charge in [0.2, 0.25) is 5.75 Å². The Balaban J connectivity index is 2.15. The van der Waals surface area contributed by atoms with E-state index in [0.717, 1.165) is 0 Å². The number of ether oxygens (including phenoxy) is 2. The van der Waals surface area contributed by atoms with E-state index in [2.05, 4.69) is 0 Å².